The first-order valence-corrected chi connectivity index (χ1v) is 13.1. The van der Waals surface area contributed by atoms with Crippen molar-refractivity contribution in [3.63, 3.8) is 0 Å². The molecule has 35 heavy (non-hydrogen) atoms. The summed E-state index contributed by atoms with van der Waals surface area (Å²) < 4.78 is 3.62. The minimum Gasteiger partial charge on any atom is -0.459 e. The third-order valence-corrected chi connectivity index (χ3v) is 9.96. The van der Waals surface area contributed by atoms with Gasteiger partial charge in [0.2, 0.25) is 11.8 Å². The van der Waals surface area contributed by atoms with Crippen LogP contribution in [0.1, 0.15) is 46.5 Å². The maximum Gasteiger partial charge on any atom is 0.338 e. The van der Waals surface area contributed by atoms with Gasteiger partial charge in [0.1, 0.15) is 0 Å². The van der Waals surface area contributed by atoms with E-state index >= 15 is 0 Å². The molecule has 0 aromatic heterocycles. The molecule has 3 aliphatic carbocycles. The quantitative estimate of drug-likeness (QED) is 0.223. The molecule has 3 aromatic rings. The van der Waals surface area contributed by atoms with Gasteiger partial charge in [0.25, 0.3) is 0 Å². The fourth-order valence-electron chi connectivity index (χ4n) is 5.98. The van der Waals surface area contributed by atoms with Crippen molar-refractivity contribution in [1.29, 1.82) is 0 Å². The second kappa shape index (κ2) is 7.61. The SMILES string of the molecule is CC(C)OC(=O)c1cccc(N2C(=O)[C@@H]3[C@@H](C2=O)C2(Br)c4ccccc4C3(Br)c3ccccc32)c1. The van der Waals surface area contributed by atoms with Crippen LogP contribution < -0.4 is 4.90 Å². The third-order valence-electron chi connectivity index (χ3n) is 7.27. The summed E-state index contributed by atoms with van der Waals surface area (Å²) >= 11 is 8.00. The first-order valence-electron chi connectivity index (χ1n) is 11.5. The second-order valence-electron chi connectivity index (χ2n) is 9.49. The normalized spacial score (nSPS) is 28.1. The van der Waals surface area contributed by atoms with Crippen LogP contribution in [0.15, 0.2) is 72.8 Å². The molecule has 1 heterocycles. The third kappa shape index (κ3) is 2.82. The number of halogens is 2. The zero-order valence-electron chi connectivity index (χ0n) is 19.0. The smallest absolute Gasteiger partial charge is 0.338 e. The van der Waals surface area contributed by atoms with E-state index in [2.05, 4.69) is 31.9 Å². The highest BCUT2D eigenvalue weighted by molar-refractivity contribution is 9.10. The number of benzene rings is 3. The van der Waals surface area contributed by atoms with Gasteiger partial charge in [-0.1, -0.05) is 86.5 Å². The number of hydrogen-bond donors (Lipinski definition) is 0. The molecule has 2 bridgehead atoms. The summed E-state index contributed by atoms with van der Waals surface area (Å²) in [5.41, 5.74) is 4.59. The van der Waals surface area contributed by atoms with Crippen molar-refractivity contribution in [3.8, 4) is 0 Å². The Morgan fingerprint density at radius 3 is 1.69 bits per heavy atom. The summed E-state index contributed by atoms with van der Waals surface area (Å²) in [4.78, 5) is 42.0. The van der Waals surface area contributed by atoms with Crippen LogP contribution in [0.4, 0.5) is 5.69 Å². The Kier molecular flexibility index (Phi) is 4.93. The highest BCUT2D eigenvalue weighted by Crippen LogP contribution is 2.70. The molecule has 1 aliphatic heterocycles. The van der Waals surface area contributed by atoms with E-state index in [-0.39, 0.29) is 17.9 Å². The first kappa shape index (κ1) is 22.7. The number of ether oxygens (including phenoxy) is 1. The van der Waals surface area contributed by atoms with Crippen LogP contribution in [0.2, 0.25) is 0 Å². The summed E-state index contributed by atoms with van der Waals surface area (Å²) in [6.45, 7) is 3.55. The molecular formula is C28H21Br2NO4. The lowest BCUT2D eigenvalue weighted by molar-refractivity contribution is -0.122. The molecule has 5 nitrogen and oxygen atoms in total. The predicted molar refractivity (Wildman–Crippen MR) is 139 cm³/mol. The van der Waals surface area contributed by atoms with Gasteiger partial charge in [0.05, 0.1) is 37.8 Å². The number of hydrogen-bond acceptors (Lipinski definition) is 4. The number of carbonyl (C=O) groups excluding carboxylic acids is 3. The highest BCUT2D eigenvalue weighted by Gasteiger charge is 2.72. The lowest BCUT2D eigenvalue weighted by Crippen LogP contribution is -2.56. The van der Waals surface area contributed by atoms with E-state index in [1.807, 2.05) is 48.5 Å². The van der Waals surface area contributed by atoms with Gasteiger partial charge in [-0.25, -0.2) is 9.69 Å². The van der Waals surface area contributed by atoms with Gasteiger partial charge in [0, 0.05) is 0 Å². The van der Waals surface area contributed by atoms with Gasteiger partial charge in [-0.15, -0.1) is 0 Å². The Hall–Kier alpha value is -2.77. The summed E-state index contributed by atoms with van der Waals surface area (Å²) in [5, 5.41) is 0. The highest BCUT2D eigenvalue weighted by atomic mass is 79.9. The largest absolute Gasteiger partial charge is 0.459 e. The minimum absolute atomic E-state index is 0.279. The monoisotopic (exact) mass is 593 g/mol. The Morgan fingerprint density at radius 2 is 1.26 bits per heavy atom. The van der Waals surface area contributed by atoms with Crippen LogP contribution in [0.25, 0.3) is 0 Å². The molecule has 0 N–H and O–H groups in total. The van der Waals surface area contributed by atoms with Crippen LogP contribution >= 0.6 is 31.9 Å². The summed E-state index contributed by atoms with van der Waals surface area (Å²) in [6, 6.07) is 22.5. The molecule has 176 valence electrons. The molecule has 1 fully saturated rings. The fraction of sp³-hybridized carbons (Fsp3) is 0.250. The van der Waals surface area contributed by atoms with Crippen LogP contribution in [-0.4, -0.2) is 23.9 Å². The Morgan fingerprint density at radius 1 is 0.800 bits per heavy atom. The number of anilines is 1. The number of imide groups is 1. The first-order chi connectivity index (χ1) is 16.7. The zero-order valence-corrected chi connectivity index (χ0v) is 22.2. The molecule has 1 saturated heterocycles. The summed E-state index contributed by atoms with van der Waals surface area (Å²) in [5.74, 6) is -2.40. The van der Waals surface area contributed by atoms with Crippen molar-refractivity contribution >= 4 is 55.3 Å². The molecule has 2 atom stereocenters. The molecule has 0 spiro atoms. The van der Waals surface area contributed by atoms with Gasteiger partial charge >= 0.3 is 5.97 Å². The molecule has 4 aliphatic rings. The van der Waals surface area contributed by atoms with Crippen molar-refractivity contribution in [2.75, 3.05) is 4.90 Å². The Bertz CT molecular complexity index is 1310. The average molecular weight is 595 g/mol. The zero-order chi connectivity index (χ0) is 24.7. The number of nitrogens with zero attached hydrogens (tertiary/aromatic N) is 1. The summed E-state index contributed by atoms with van der Waals surface area (Å²) in [6.07, 6.45) is -0.279. The van der Waals surface area contributed by atoms with Crippen molar-refractivity contribution in [3.05, 3.63) is 101 Å². The minimum atomic E-state index is -0.851. The van der Waals surface area contributed by atoms with E-state index in [4.69, 9.17) is 4.74 Å². The predicted octanol–water partition coefficient (Wildman–Crippen LogP) is 5.66. The van der Waals surface area contributed by atoms with Gasteiger partial charge in [-0.3, -0.25) is 9.59 Å². The molecule has 7 rings (SSSR count). The number of rotatable bonds is 3. The maximum atomic E-state index is 14.1. The second-order valence-corrected chi connectivity index (χ2v) is 12.0. The van der Waals surface area contributed by atoms with E-state index in [9.17, 15) is 14.4 Å². The molecule has 0 unspecified atom stereocenters. The molecule has 0 saturated carbocycles. The molecule has 2 amide bonds. The lowest BCUT2D eigenvalue weighted by Gasteiger charge is -2.55. The van der Waals surface area contributed by atoms with Crippen molar-refractivity contribution in [2.24, 2.45) is 11.8 Å². The van der Waals surface area contributed by atoms with Crippen LogP contribution in [0, 0.1) is 11.8 Å². The van der Waals surface area contributed by atoms with Gasteiger partial charge in [0.15, 0.2) is 0 Å². The molecular weight excluding hydrogens is 574 g/mol. The van der Waals surface area contributed by atoms with Crippen molar-refractivity contribution in [2.45, 2.75) is 28.6 Å². The number of esters is 1. The van der Waals surface area contributed by atoms with Gasteiger partial charge in [-0.2, -0.15) is 0 Å². The lowest BCUT2D eigenvalue weighted by atomic mass is 9.54. The number of amides is 2. The average Bonchev–Trinajstić information content (AvgIpc) is 3.13. The maximum absolute atomic E-state index is 14.1. The molecule has 0 radical (unpaired) electrons. The van der Waals surface area contributed by atoms with E-state index in [1.165, 1.54) is 4.90 Å². The van der Waals surface area contributed by atoms with Crippen molar-refractivity contribution < 1.29 is 19.1 Å². The van der Waals surface area contributed by atoms with E-state index < -0.39 is 26.5 Å². The van der Waals surface area contributed by atoms with Gasteiger partial charge in [-0.05, 0) is 54.3 Å². The van der Waals surface area contributed by atoms with Gasteiger partial charge < -0.3 is 4.74 Å². The Labute approximate surface area is 219 Å². The fourth-order valence-corrected chi connectivity index (χ4v) is 8.28. The van der Waals surface area contributed by atoms with E-state index in [1.54, 1.807) is 38.1 Å². The standard InChI is InChI=1S/C28H21Br2NO4/c1-15(2)35-26(34)16-8-7-9-17(14-16)31-24(32)22-23(25(31)33)28(30)19-11-4-3-10-18(19)27(22,29)20-12-5-6-13-21(20)28/h3-15,22-23H,1-2H3/t22-,23-,27?,28?/m0/s1. The van der Waals surface area contributed by atoms with E-state index in [0.717, 1.165) is 22.3 Å². The number of carbonyl (C=O) groups is 3. The summed E-state index contributed by atoms with van der Waals surface area (Å²) in [7, 11) is 0. The van der Waals surface area contributed by atoms with Crippen LogP contribution in [-0.2, 0) is 23.0 Å². The van der Waals surface area contributed by atoms with Crippen LogP contribution in [0.3, 0.4) is 0 Å². The van der Waals surface area contributed by atoms with Crippen LogP contribution in [0.5, 0.6) is 0 Å². The topological polar surface area (TPSA) is 63.7 Å². The molecule has 7 heteroatoms. The number of alkyl halides is 2. The van der Waals surface area contributed by atoms with E-state index in [0.29, 0.717) is 11.3 Å². The molecule has 3 aromatic carbocycles. The van der Waals surface area contributed by atoms with Crippen molar-refractivity contribution in [1.82, 2.24) is 0 Å². The Balaban J connectivity index is 1.53.